The lowest BCUT2D eigenvalue weighted by molar-refractivity contribution is -0.870. The normalized spacial score (nSPS) is 13.9. The minimum Gasteiger partial charge on any atom is -0.455 e. The third-order valence-electron chi connectivity index (χ3n) is 2.06. The Hall–Kier alpha value is -0.770. The maximum absolute atomic E-state index is 11.6. The van der Waals surface area contributed by atoms with Crippen LogP contribution in [-0.4, -0.2) is 57.0 Å². The zero-order valence-electron chi connectivity index (χ0n) is 11.9. The van der Waals surface area contributed by atoms with Crippen molar-refractivity contribution in [3.05, 3.63) is 12.2 Å². The molecule has 18 heavy (non-hydrogen) atoms. The number of quaternary nitrogens is 1. The fourth-order valence-electron chi connectivity index (χ4n) is 1.000. The minimum absolute atomic E-state index is 0.214. The van der Waals surface area contributed by atoms with Crippen LogP contribution in [0.5, 0.6) is 0 Å². The highest BCUT2D eigenvalue weighted by atomic mass is 31.1. The summed E-state index contributed by atoms with van der Waals surface area (Å²) >= 11 is 0. The maximum atomic E-state index is 11.6. The molecular formula is C12H24NO4P+2. The predicted molar refractivity (Wildman–Crippen MR) is 71.7 cm³/mol. The minimum atomic E-state index is -1.79. The van der Waals surface area contributed by atoms with Gasteiger partial charge in [0.1, 0.15) is 12.6 Å². The largest absolute Gasteiger partial charge is 0.512 e. The van der Waals surface area contributed by atoms with Crippen molar-refractivity contribution in [2.24, 2.45) is 0 Å². The summed E-state index contributed by atoms with van der Waals surface area (Å²) in [6, 6.07) is 0. The third kappa shape index (κ3) is 9.28. The van der Waals surface area contributed by atoms with E-state index in [4.69, 9.17) is 9.26 Å². The highest BCUT2D eigenvalue weighted by Crippen LogP contribution is 2.24. The molecule has 0 aromatic heterocycles. The van der Waals surface area contributed by atoms with Gasteiger partial charge < -0.3 is 9.22 Å². The molecule has 5 nitrogen and oxygen atoms in total. The monoisotopic (exact) mass is 277 g/mol. The topological polar surface area (TPSA) is 52.6 Å². The van der Waals surface area contributed by atoms with Crippen LogP contribution < -0.4 is 0 Å². The summed E-state index contributed by atoms with van der Waals surface area (Å²) in [6.07, 6.45) is -0.215. The number of carbonyl (C=O) groups excluding carboxylic acids is 1. The second kappa shape index (κ2) is 7.62. The van der Waals surface area contributed by atoms with Crippen molar-refractivity contribution in [3.8, 4) is 0 Å². The summed E-state index contributed by atoms with van der Waals surface area (Å²) in [6.45, 7) is 7.96. The standard InChI is InChI=1S/C12H24NO4P/c1-10(2)12(14)17-11(3)9-18(15)16-8-7-13(4,5)6/h11H,1,7-9H2,2-6H3/q+2. The van der Waals surface area contributed by atoms with Crippen LogP contribution in [0.15, 0.2) is 12.2 Å². The molecule has 2 atom stereocenters. The Morgan fingerprint density at radius 3 is 2.39 bits per heavy atom. The number of likely N-dealkylation sites (N-methyl/N-ethyl adjacent to an activating group) is 1. The summed E-state index contributed by atoms with van der Waals surface area (Å²) in [5, 5.41) is 0. The van der Waals surface area contributed by atoms with Gasteiger partial charge >= 0.3 is 14.0 Å². The first-order chi connectivity index (χ1) is 8.11. The van der Waals surface area contributed by atoms with Gasteiger partial charge in [-0.3, -0.25) is 0 Å². The van der Waals surface area contributed by atoms with Gasteiger partial charge in [-0.15, -0.1) is 4.52 Å². The third-order valence-corrected chi connectivity index (χ3v) is 3.34. The number of hydrogen-bond donors (Lipinski definition) is 0. The Morgan fingerprint density at radius 1 is 1.39 bits per heavy atom. The molecule has 0 radical (unpaired) electrons. The summed E-state index contributed by atoms with van der Waals surface area (Å²) in [5.41, 5.74) is 0.336. The molecule has 0 rings (SSSR count). The van der Waals surface area contributed by atoms with Crippen LogP contribution in [0.1, 0.15) is 13.8 Å². The molecule has 0 aliphatic heterocycles. The molecular weight excluding hydrogens is 253 g/mol. The van der Waals surface area contributed by atoms with Crippen LogP contribution in [0.25, 0.3) is 0 Å². The van der Waals surface area contributed by atoms with Crippen molar-refractivity contribution in [2.75, 3.05) is 40.5 Å². The van der Waals surface area contributed by atoms with E-state index in [1.807, 2.05) is 21.1 Å². The van der Waals surface area contributed by atoms with Gasteiger partial charge in [-0.05, 0) is 18.4 Å². The van der Waals surface area contributed by atoms with Crippen molar-refractivity contribution in [1.29, 1.82) is 0 Å². The first-order valence-corrected chi connectivity index (χ1v) is 7.22. The molecule has 0 aliphatic carbocycles. The Labute approximate surface area is 110 Å². The van der Waals surface area contributed by atoms with Crippen molar-refractivity contribution in [3.63, 3.8) is 0 Å². The molecule has 0 saturated carbocycles. The van der Waals surface area contributed by atoms with Gasteiger partial charge in [0.15, 0.2) is 6.61 Å². The van der Waals surface area contributed by atoms with Crippen LogP contribution in [0.2, 0.25) is 0 Å². The fourth-order valence-corrected chi connectivity index (χ4v) is 1.88. The Bertz CT molecular complexity index is 323. The lowest BCUT2D eigenvalue weighted by Gasteiger charge is -2.22. The SMILES string of the molecule is C=C(C)C(=O)OC(C)C[P+](=O)OCC[N+](C)(C)C. The quantitative estimate of drug-likeness (QED) is 0.294. The first-order valence-electron chi connectivity index (χ1n) is 5.86. The van der Waals surface area contributed by atoms with E-state index in [9.17, 15) is 9.36 Å². The maximum Gasteiger partial charge on any atom is 0.512 e. The Morgan fingerprint density at radius 2 is 1.94 bits per heavy atom. The average molecular weight is 277 g/mol. The van der Waals surface area contributed by atoms with Crippen LogP contribution in [-0.2, 0) is 18.6 Å². The molecule has 0 amide bonds. The molecule has 0 spiro atoms. The molecule has 0 aliphatic rings. The van der Waals surface area contributed by atoms with Crippen LogP contribution in [0, 0.1) is 0 Å². The molecule has 0 N–H and O–H groups in total. The van der Waals surface area contributed by atoms with Crippen molar-refractivity contribution in [2.45, 2.75) is 20.0 Å². The zero-order chi connectivity index (χ0) is 14.3. The molecule has 0 heterocycles. The van der Waals surface area contributed by atoms with E-state index in [1.54, 1.807) is 13.8 Å². The zero-order valence-corrected chi connectivity index (χ0v) is 12.8. The molecule has 0 saturated heterocycles. The molecule has 6 heteroatoms. The molecule has 2 unspecified atom stereocenters. The van der Waals surface area contributed by atoms with Crippen molar-refractivity contribution >= 4 is 14.0 Å². The van der Waals surface area contributed by atoms with Crippen LogP contribution >= 0.6 is 8.03 Å². The van der Waals surface area contributed by atoms with Crippen molar-refractivity contribution in [1.82, 2.24) is 0 Å². The van der Waals surface area contributed by atoms with Gasteiger partial charge in [0.2, 0.25) is 6.16 Å². The highest BCUT2D eigenvalue weighted by molar-refractivity contribution is 7.39. The van der Waals surface area contributed by atoms with E-state index < -0.39 is 20.1 Å². The molecule has 0 bridgehead atoms. The van der Waals surface area contributed by atoms with Gasteiger partial charge in [0, 0.05) is 5.57 Å². The van der Waals surface area contributed by atoms with E-state index >= 15 is 0 Å². The summed E-state index contributed by atoms with van der Waals surface area (Å²) in [5.74, 6) is -0.461. The number of ether oxygens (including phenoxy) is 1. The van der Waals surface area contributed by atoms with E-state index in [1.165, 1.54) is 0 Å². The van der Waals surface area contributed by atoms with E-state index in [0.717, 1.165) is 11.0 Å². The van der Waals surface area contributed by atoms with E-state index in [0.29, 0.717) is 12.2 Å². The molecule has 0 aromatic rings. The summed E-state index contributed by atoms with van der Waals surface area (Å²) in [4.78, 5) is 11.2. The van der Waals surface area contributed by atoms with Crippen LogP contribution in [0.3, 0.4) is 0 Å². The van der Waals surface area contributed by atoms with E-state index in [2.05, 4.69) is 6.58 Å². The summed E-state index contributed by atoms with van der Waals surface area (Å²) < 4.78 is 22.6. The predicted octanol–water partition coefficient (Wildman–Crippen LogP) is 1.96. The van der Waals surface area contributed by atoms with Crippen molar-refractivity contribution < 1.29 is 23.1 Å². The second-order valence-corrected chi connectivity index (χ2v) is 6.65. The Kier molecular flexibility index (Phi) is 7.29. The average Bonchev–Trinajstić information content (AvgIpc) is 2.14. The van der Waals surface area contributed by atoms with E-state index in [-0.39, 0.29) is 6.16 Å². The highest BCUT2D eigenvalue weighted by Gasteiger charge is 2.25. The number of carbonyl (C=O) groups is 1. The Balaban J connectivity index is 3.88. The second-order valence-electron chi connectivity index (χ2n) is 5.36. The van der Waals surface area contributed by atoms with Crippen LogP contribution in [0.4, 0.5) is 0 Å². The van der Waals surface area contributed by atoms with Gasteiger partial charge in [0.25, 0.3) is 0 Å². The molecule has 0 fully saturated rings. The van der Waals surface area contributed by atoms with Gasteiger partial charge in [-0.1, -0.05) is 6.58 Å². The lowest BCUT2D eigenvalue weighted by atomic mass is 10.3. The van der Waals surface area contributed by atoms with Gasteiger partial charge in [0.05, 0.1) is 21.1 Å². The summed E-state index contributed by atoms with van der Waals surface area (Å²) in [7, 11) is 4.32. The number of esters is 1. The smallest absolute Gasteiger partial charge is 0.455 e. The number of hydrogen-bond acceptors (Lipinski definition) is 4. The van der Waals surface area contributed by atoms with Gasteiger partial charge in [-0.25, -0.2) is 4.79 Å². The van der Waals surface area contributed by atoms with Gasteiger partial charge in [-0.2, -0.15) is 0 Å². The fraction of sp³-hybridized carbons (Fsp3) is 0.750. The molecule has 104 valence electrons. The molecule has 0 aromatic carbocycles. The lowest BCUT2D eigenvalue weighted by Crippen LogP contribution is -2.37. The number of rotatable bonds is 8. The first kappa shape index (κ1) is 17.2. The number of nitrogens with zero attached hydrogens (tertiary/aromatic N) is 1.